The molecule has 164 valence electrons. The molecule has 0 saturated carbocycles. The van der Waals surface area contributed by atoms with E-state index in [0.29, 0.717) is 0 Å². The number of carbonyl (C=O) groups is 4. The standard InChI is InChI=1S/C18H23F2N5O5/c1-9(2)22-18(29)24-14(16(21)27)17(28)23-10-3-4-12(11(7-10)15(19)20)25-5-6-30-8-13(25)26/h3-4,7,9,14-15H,5-6,8H2,1-2H3,(H2,21,27)(H,23,28)(H2,22,24,29)/t14-/m0/s1. The van der Waals surface area contributed by atoms with Crippen LogP contribution in [0.3, 0.4) is 0 Å². The number of morpholine rings is 1. The number of primary amides is 1. The fourth-order valence-corrected chi connectivity index (χ4v) is 2.74. The maximum atomic E-state index is 13.6. The Morgan fingerprint density at radius 1 is 1.20 bits per heavy atom. The van der Waals surface area contributed by atoms with E-state index in [1.807, 2.05) is 0 Å². The Hall–Kier alpha value is -3.28. The van der Waals surface area contributed by atoms with Gasteiger partial charge >= 0.3 is 6.03 Å². The molecule has 1 aliphatic heterocycles. The average Bonchev–Trinajstić information content (AvgIpc) is 2.65. The minimum absolute atomic E-state index is 0.00261. The number of halogens is 2. The van der Waals surface area contributed by atoms with Crippen molar-refractivity contribution in [1.29, 1.82) is 0 Å². The number of amides is 5. The number of hydrogen-bond acceptors (Lipinski definition) is 5. The van der Waals surface area contributed by atoms with Crippen LogP contribution in [0.4, 0.5) is 25.0 Å². The number of nitrogens with two attached hydrogens (primary N) is 1. The quantitative estimate of drug-likeness (QED) is 0.468. The summed E-state index contributed by atoms with van der Waals surface area (Å²) in [5, 5.41) is 6.83. The van der Waals surface area contributed by atoms with Crippen LogP contribution < -0.4 is 26.6 Å². The van der Waals surface area contributed by atoms with Crippen LogP contribution in [-0.2, 0) is 19.1 Å². The SMILES string of the molecule is CC(C)NC(=O)N[C@@H](C(N)=O)C(=O)Nc1ccc(N2CCOCC2=O)c(C(F)F)c1. The van der Waals surface area contributed by atoms with Crippen molar-refractivity contribution in [3.8, 4) is 0 Å². The van der Waals surface area contributed by atoms with Crippen LogP contribution in [0, 0.1) is 0 Å². The number of nitrogens with zero attached hydrogens (tertiary/aromatic N) is 1. The fraction of sp³-hybridized carbons (Fsp3) is 0.444. The zero-order valence-electron chi connectivity index (χ0n) is 16.4. The molecule has 5 N–H and O–H groups in total. The molecule has 1 aromatic rings. The lowest BCUT2D eigenvalue weighted by Gasteiger charge is -2.29. The Kier molecular flexibility index (Phi) is 7.64. The molecule has 1 aromatic carbocycles. The average molecular weight is 427 g/mol. The van der Waals surface area contributed by atoms with Crippen LogP contribution >= 0.6 is 0 Å². The lowest BCUT2D eigenvalue weighted by atomic mass is 10.1. The van der Waals surface area contributed by atoms with E-state index < -0.39 is 41.8 Å². The highest BCUT2D eigenvalue weighted by atomic mass is 19.3. The van der Waals surface area contributed by atoms with Crippen LogP contribution in [-0.4, -0.2) is 55.6 Å². The van der Waals surface area contributed by atoms with Crippen LogP contribution in [0.25, 0.3) is 0 Å². The normalized spacial score (nSPS) is 15.1. The summed E-state index contributed by atoms with van der Waals surface area (Å²) in [6, 6.07) is 0.780. The zero-order chi connectivity index (χ0) is 22.4. The Bertz CT molecular complexity index is 833. The molecule has 30 heavy (non-hydrogen) atoms. The smallest absolute Gasteiger partial charge is 0.316 e. The van der Waals surface area contributed by atoms with Crippen LogP contribution in [0.15, 0.2) is 18.2 Å². The lowest BCUT2D eigenvalue weighted by molar-refractivity contribution is -0.128. The molecule has 1 atom stereocenters. The molecule has 0 aliphatic carbocycles. The third kappa shape index (κ3) is 5.86. The largest absolute Gasteiger partial charge is 0.370 e. The number of hydrogen-bond donors (Lipinski definition) is 4. The van der Waals surface area contributed by atoms with Crippen molar-refractivity contribution in [1.82, 2.24) is 10.6 Å². The van der Waals surface area contributed by atoms with Gasteiger partial charge in [-0.15, -0.1) is 0 Å². The molecule has 10 nitrogen and oxygen atoms in total. The van der Waals surface area contributed by atoms with Crippen molar-refractivity contribution >= 4 is 35.1 Å². The molecule has 0 aromatic heterocycles. The molecule has 1 aliphatic rings. The summed E-state index contributed by atoms with van der Waals surface area (Å²) in [5.41, 5.74) is 4.62. The molecule has 1 heterocycles. The number of nitrogens with one attached hydrogen (secondary N) is 3. The first kappa shape index (κ1) is 23.0. The Morgan fingerprint density at radius 3 is 2.47 bits per heavy atom. The van der Waals surface area contributed by atoms with E-state index in [1.54, 1.807) is 13.8 Å². The van der Waals surface area contributed by atoms with E-state index in [2.05, 4.69) is 16.0 Å². The second-order valence-electron chi connectivity index (χ2n) is 6.77. The van der Waals surface area contributed by atoms with Crippen molar-refractivity contribution in [2.24, 2.45) is 5.73 Å². The zero-order valence-corrected chi connectivity index (χ0v) is 16.4. The Morgan fingerprint density at radius 2 is 1.90 bits per heavy atom. The summed E-state index contributed by atoms with van der Waals surface area (Å²) >= 11 is 0. The molecule has 12 heteroatoms. The maximum Gasteiger partial charge on any atom is 0.316 e. The molecule has 1 saturated heterocycles. The molecule has 0 radical (unpaired) electrons. The van der Waals surface area contributed by atoms with Gasteiger partial charge in [-0.2, -0.15) is 0 Å². The van der Waals surface area contributed by atoms with Gasteiger partial charge in [0.1, 0.15) is 6.61 Å². The summed E-state index contributed by atoms with van der Waals surface area (Å²) in [5.74, 6) is -2.60. The summed E-state index contributed by atoms with van der Waals surface area (Å²) in [7, 11) is 0. The van der Waals surface area contributed by atoms with Crippen molar-refractivity contribution in [2.45, 2.75) is 32.4 Å². The molecule has 0 unspecified atom stereocenters. The van der Waals surface area contributed by atoms with E-state index >= 15 is 0 Å². The fourth-order valence-electron chi connectivity index (χ4n) is 2.74. The van der Waals surface area contributed by atoms with Crippen LogP contribution in [0.2, 0.25) is 0 Å². The summed E-state index contributed by atoms with van der Waals surface area (Å²) in [4.78, 5) is 48.8. The van der Waals surface area contributed by atoms with E-state index in [-0.39, 0.29) is 37.2 Å². The van der Waals surface area contributed by atoms with Gasteiger partial charge in [0.2, 0.25) is 5.91 Å². The van der Waals surface area contributed by atoms with Crippen LogP contribution in [0.5, 0.6) is 0 Å². The number of ether oxygens (including phenoxy) is 1. The van der Waals surface area contributed by atoms with Gasteiger partial charge in [0, 0.05) is 23.8 Å². The number of carbonyl (C=O) groups excluding carboxylic acids is 4. The van der Waals surface area contributed by atoms with E-state index in [0.717, 1.165) is 6.07 Å². The summed E-state index contributed by atoms with van der Waals surface area (Å²) in [6.45, 7) is 3.45. The minimum Gasteiger partial charge on any atom is -0.370 e. The molecule has 0 bridgehead atoms. The van der Waals surface area contributed by atoms with Crippen molar-refractivity contribution in [2.75, 3.05) is 30.0 Å². The lowest BCUT2D eigenvalue weighted by Crippen LogP contribution is -2.55. The van der Waals surface area contributed by atoms with E-state index in [9.17, 15) is 28.0 Å². The van der Waals surface area contributed by atoms with Gasteiger partial charge in [0.25, 0.3) is 18.2 Å². The van der Waals surface area contributed by atoms with Gasteiger partial charge in [0.05, 0.1) is 12.3 Å². The third-order valence-corrected chi connectivity index (χ3v) is 4.05. The monoisotopic (exact) mass is 427 g/mol. The molecule has 5 amide bonds. The van der Waals surface area contributed by atoms with E-state index in [4.69, 9.17) is 10.5 Å². The van der Waals surface area contributed by atoms with Crippen molar-refractivity contribution in [3.63, 3.8) is 0 Å². The molecule has 0 spiro atoms. The van der Waals surface area contributed by atoms with Gasteiger partial charge in [-0.1, -0.05) is 0 Å². The van der Waals surface area contributed by atoms with Gasteiger partial charge < -0.3 is 31.3 Å². The Balaban J connectivity index is 2.21. The first-order chi connectivity index (χ1) is 14.1. The van der Waals surface area contributed by atoms with Gasteiger partial charge in [-0.25, -0.2) is 13.6 Å². The van der Waals surface area contributed by atoms with Gasteiger partial charge in [0.15, 0.2) is 6.04 Å². The summed E-state index contributed by atoms with van der Waals surface area (Å²) in [6.07, 6.45) is -2.94. The number of alkyl halides is 2. The van der Waals surface area contributed by atoms with Gasteiger partial charge in [-0.05, 0) is 32.0 Å². The number of benzene rings is 1. The summed E-state index contributed by atoms with van der Waals surface area (Å²) < 4.78 is 32.2. The highest BCUT2D eigenvalue weighted by Gasteiger charge is 2.29. The minimum atomic E-state index is -2.94. The first-order valence-corrected chi connectivity index (χ1v) is 9.07. The highest BCUT2D eigenvalue weighted by Crippen LogP contribution is 2.33. The predicted molar refractivity (Wildman–Crippen MR) is 103 cm³/mol. The Labute approximate surface area is 171 Å². The number of urea groups is 1. The molecular formula is C18H23F2N5O5. The predicted octanol–water partition coefficient (Wildman–Crippen LogP) is 0.487. The maximum absolute atomic E-state index is 13.6. The highest BCUT2D eigenvalue weighted by molar-refractivity contribution is 6.11. The second-order valence-corrected chi connectivity index (χ2v) is 6.77. The third-order valence-electron chi connectivity index (χ3n) is 4.05. The van der Waals surface area contributed by atoms with Gasteiger partial charge in [-0.3, -0.25) is 14.4 Å². The van der Waals surface area contributed by atoms with Crippen molar-refractivity contribution < 1.29 is 32.7 Å². The molecule has 2 rings (SSSR count). The first-order valence-electron chi connectivity index (χ1n) is 9.07. The number of rotatable bonds is 7. The second kappa shape index (κ2) is 9.96. The molecule has 1 fully saturated rings. The van der Waals surface area contributed by atoms with Crippen molar-refractivity contribution in [3.05, 3.63) is 23.8 Å². The number of anilines is 2. The molecular weight excluding hydrogens is 404 g/mol. The van der Waals surface area contributed by atoms with Crippen LogP contribution in [0.1, 0.15) is 25.8 Å². The topological polar surface area (TPSA) is 143 Å². The van der Waals surface area contributed by atoms with E-state index in [1.165, 1.54) is 17.0 Å².